The van der Waals surface area contributed by atoms with Crippen LogP contribution in [0.3, 0.4) is 0 Å². The number of carbonyl (C=O) groups excluding carboxylic acids is 3. The molecule has 3 aromatic rings. The standard InChI is InChI=1S/C38H43NO10/c1-6-29(40)45-21-37(4)26-19-28(48-34(43)22-12-9-8-10-13-22)38(5)33(36(26,3)16-15-27(37)47-30(41)7-2)32(42)31-25(49-38)18-24(46-35(31)44)23-14-11-17-39-20-23/h8-14,17-18,20,26-28,32-33,42H,6-7,15-16,19,21H2,1-5H3/t26-,27+,28+,32+,33-,36+,37?,38-/m1/s1. The van der Waals surface area contributed by atoms with E-state index in [0.717, 1.165) is 0 Å². The number of aliphatic hydroxyl groups excluding tert-OH is 1. The van der Waals surface area contributed by atoms with Crippen LogP contribution in [0.1, 0.15) is 88.7 Å². The van der Waals surface area contributed by atoms with Crippen LogP contribution in [0.4, 0.5) is 0 Å². The molecule has 11 nitrogen and oxygen atoms in total. The van der Waals surface area contributed by atoms with Crippen LogP contribution in [0, 0.1) is 22.7 Å². The van der Waals surface area contributed by atoms with Crippen molar-refractivity contribution in [3.63, 3.8) is 0 Å². The predicted molar refractivity (Wildman–Crippen MR) is 176 cm³/mol. The minimum absolute atomic E-state index is 0.0243. The lowest BCUT2D eigenvalue weighted by Crippen LogP contribution is -2.71. The van der Waals surface area contributed by atoms with E-state index in [0.29, 0.717) is 24.0 Å². The minimum atomic E-state index is -1.38. The van der Waals surface area contributed by atoms with Gasteiger partial charge in [-0.05, 0) is 61.8 Å². The largest absolute Gasteiger partial charge is 0.482 e. The molecule has 0 radical (unpaired) electrons. The topological polar surface area (TPSA) is 151 Å². The highest BCUT2D eigenvalue weighted by Crippen LogP contribution is 2.67. The van der Waals surface area contributed by atoms with Gasteiger partial charge in [-0.25, -0.2) is 9.59 Å². The van der Waals surface area contributed by atoms with E-state index in [2.05, 4.69) is 4.98 Å². The molecule has 49 heavy (non-hydrogen) atoms. The van der Waals surface area contributed by atoms with Crippen LogP contribution in [-0.2, 0) is 23.8 Å². The van der Waals surface area contributed by atoms with Gasteiger partial charge in [0.15, 0.2) is 0 Å². The second-order valence-electron chi connectivity index (χ2n) is 14.1. The van der Waals surface area contributed by atoms with Gasteiger partial charge in [-0.15, -0.1) is 0 Å². The minimum Gasteiger partial charge on any atom is -0.482 e. The van der Waals surface area contributed by atoms with Gasteiger partial charge in [-0.2, -0.15) is 0 Å². The molecule has 1 aromatic carbocycles. The van der Waals surface area contributed by atoms with Crippen LogP contribution in [0.25, 0.3) is 11.3 Å². The Morgan fingerprint density at radius 3 is 2.39 bits per heavy atom. The molecule has 3 heterocycles. The number of benzene rings is 1. The Hall–Kier alpha value is -4.51. The van der Waals surface area contributed by atoms with Gasteiger partial charge in [0.2, 0.25) is 0 Å². The maximum atomic E-state index is 13.7. The number of nitrogens with zero attached hydrogens (tertiary/aromatic N) is 1. The molecule has 8 atom stereocenters. The molecule has 0 bridgehead atoms. The Balaban J connectivity index is 1.50. The first-order valence-electron chi connectivity index (χ1n) is 16.9. The molecular weight excluding hydrogens is 630 g/mol. The first kappa shape index (κ1) is 34.4. The summed E-state index contributed by atoms with van der Waals surface area (Å²) in [5, 5.41) is 12.3. The molecular formula is C38H43NO10. The summed E-state index contributed by atoms with van der Waals surface area (Å²) in [6, 6.07) is 13.6. The molecule has 0 amide bonds. The van der Waals surface area contributed by atoms with Crippen LogP contribution >= 0.6 is 0 Å². The van der Waals surface area contributed by atoms with E-state index in [-0.39, 0.29) is 48.9 Å². The lowest BCUT2D eigenvalue weighted by molar-refractivity contribution is -0.267. The fraction of sp³-hybridized carbons (Fsp3) is 0.500. The van der Waals surface area contributed by atoms with Gasteiger partial charge in [0.1, 0.15) is 41.5 Å². The molecule has 2 aliphatic carbocycles. The molecule has 1 unspecified atom stereocenters. The van der Waals surface area contributed by atoms with Crippen molar-refractivity contribution >= 4 is 17.9 Å². The molecule has 3 aliphatic rings. The number of carbonyl (C=O) groups is 3. The molecule has 2 aromatic heterocycles. The molecule has 0 spiro atoms. The summed E-state index contributed by atoms with van der Waals surface area (Å²) in [7, 11) is 0. The summed E-state index contributed by atoms with van der Waals surface area (Å²) in [5.41, 5.74) is -2.94. The van der Waals surface area contributed by atoms with E-state index in [1.807, 2.05) is 20.8 Å². The molecule has 2 saturated carbocycles. The third-order valence-electron chi connectivity index (χ3n) is 11.2. The second kappa shape index (κ2) is 13.1. The van der Waals surface area contributed by atoms with Crippen LogP contribution in [0.5, 0.6) is 5.75 Å². The molecule has 1 aliphatic heterocycles. The average molecular weight is 674 g/mol. The summed E-state index contributed by atoms with van der Waals surface area (Å²) in [6.45, 7) is 9.11. The van der Waals surface area contributed by atoms with Crippen LogP contribution in [-0.4, -0.2) is 52.4 Å². The summed E-state index contributed by atoms with van der Waals surface area (Å²) < 4.78 is 30.6. The Labute approximate surface area is 284 Å². The maximum absolute atomic E-state index is 13.7. The van der Waals surface area contributed by atoms with E-state index in [4.69, 9.17) is 23.4 Å². The highest BCUT2D eigenvalue weighted by Gasteiger charge is 2.71. The molecule has 6 rings (SSSR count). The number of ether oxygens (including phenoxy) is 4. The van der Waals surface area contributed by atoms with Crippen LogP contribution < -0.4 is 10.4 Å². The van der Waals surface area contributed by atoms with E-state index in [1.165, 1.54) is 0 Å². The van der Waals surface area contributed by atoms with E-state index in [1.54, 1.807) is 74.8 Å². The van der Waals surface area contributed by atoms with Gasteiger partial charge in [0, 0.05) is 48.2 Å². The van der Waals surface area contributed by atoms with Gasteiger partial charge in [0.25, 0.3) is 0 Å². The third-order valence-corrected chi connectivity index (χ3v) is 11.2. The zero-order valence-electron chi connectivity index (χ0n) is 28.5. The van der Waals surface area contributed by atoms with Crippen molar-refractivity contribution in [2.75, 3.05) is 6.61 Å². The number of aromatic nitrogens is 1. The van der Waals surface area contributed by atoms with Gasteiger partial charge in [-0.1, -0.05) is 45.9 Å². The number of pyridine rings is 1. The highest BCUT2D eigenvalue weighted by atomic mass is 16.6. The molecule has 1 N–H and O–H groups in total. The Morgan fingerprint density at radius 2 is 1.71 bits per heavy atom. The fourth-order valence-corrected chi connectivity index (χ4v) is 8.73. The van der Waals surface area contributed by atoms with Crippen molar-refractivity contribution < 1.29 is 42.9 Å². The van der Waals surface area contributed by atoms with Gasteiger partial charge in [0.05, 0.1) is 11.7 Å². The third kappa shape index (κ3) is 5.92. The van der Waals surface area contributed by atoms with E-state index in [9.17, 15) is 24.3 Å². The highest BCUT2D eigenvalue weighted by molar-refractivity contribution is 5.89. The van der Waals surface area contributed by atoms with E-state index < -0.39 is 64.1 Å². The summed E-state index contributed by atoms with van der Waals surface area (Å²) in [6.07, 6.45) is 1.67. The first-order valence-corrected chi connectivity index (χ1v) is 16.9. The Bertz CT molecular complexity index is 1780. The van der Waals surface area contributed by atoms with Crippen molar-refractivity contribution in [1.29, 1.82) is 0 Å². The fourth-order valence-electron chi connectivity index (χ4n) is 8.73. The van der Waals surface area contributed by atoms with Crippen LogP contribution in [0.15, 0.2) is 70.1 Å². The lowest BCUT2D eigenvalue weighted by Gasteiger charge is -2.66. The van der Waals surface area contributed by atoms with Crippen molar-refractivity contribution in [3.8, 4) is 17.1 Å². The molecule has 0 saturated heterocycles. The number of aliphatic hydroxyl groups is 1. The van der Waals surface area contributed by atoms with Crippen molar-refractivity contribution in [3.05, 3.63) is 82.5 Å². The summed E-state index contributed by atoms with van der Waals surface area (Å²) in [5.74, 6) is -2.24. The van der Waals surface area contributed by atoms with Crippen molar-refractivity contribution in [2.24, 2.45) is 22.7 Å². The SMILES string of the molecule is CCC(=O)OCC1(C)[C@@H](OC(=O)CC)CC[C@]2(C)[C@H]3[C@@H](O)c4c(cc(-c5cccnc5)oc4=O)O[C@]3(C)[C@@H](OC(=O)c3ccccc3)C[C@@H]12. The number of fused-ring (bicyclic) bond motifs is 4. The van der Waals surface area contributed by atoms with Gasteiger partial charge >= 0.3 is 23.5 Å². The number of hydrogen-bond acceptors (Lipinski definition) is 11. The lowest BCUT2D eigenvalue weighted by atomic mass is 9.42. The van der Waals surface area contributed by atoms with E-state index >= 15 is 0 Å². The zero-order valence-corrected chi connectivity index (χ0v) is 28.5. The molecule has 11 heteroatoms. The predicted octanol–water partition coefficient (Wildman–Crippen LogP) is 5.83. The smallest absolute Gasteiger partial charge is 0.345 e. The average Bonchev–Trinajstić information content (AvgIpc) is 3.09. The second-order valence-corrected chi connectivity index (χ2v) is 14.1. The number of rotatable bonds is 8. The maximum Gasteiger partial charge on any atom is 0.345 e. The zero-order chi connectivity index (χ0) is 35.1. The first-order chi connectivity index (χ1) is 23.4. The molecule has 260 valence electrons. The van der Waals surface area contributed by atoms with Gasteiger partial charge in [-0.3, -0.25) is 14.6 Å². The molecule has 2 fully saturated rings. The normalized spacial score (nSPS) is 31.6. The van der Waals surface area contributed by atoms with Gasteiger partial charge < -0.3 is 28.5 Å². The monoisotopic (exact) mass is 673 g/mol. The quantitative estimate of drug-likeness (QED) is 0.227. The number of esters is 3. The summed E-state index contributed by atoms with van der Waals surface area (Å²) >= 11 is 0. The van der Waals surface area contributed by atoms with Crippen LogP contribution in [0.2, 0.25) is 0 Å². The summed E-state index contributed by atoms with van der Waals surface area (Å²) in [4.78, 5) is 56.7. The Kier molecular flexibility index (Phi) is 9.17. The van der Waals surface area contributed by atoms with Crippen molar-refractivity contribution in [1.82, 2.24) is 4.98 Å². The Morgan fingerprint density at radius 1 is 0.980 bits per heavy atom. The number of hydrogen-bond donors (Lipinski definition) is 1. The van der Waals surface area contributed by atoms with Crippen molar-refractivity contribution in [2.45, 2.75) is 90.6 Å².